The number of carbonyl (C=O) groups is 1. The van der Waals surface area contributed by atoms with Gasteiger partial charge in [-0.3, -0.25) is 4.79 Å². The molecule has 0 aliphatic carbocycles. The topological polar surface area (TPSA) is 49.6 Å². The summed E-state index contributed by atoms with van der Waals surface area (Å²) < 4.78 is 0. The molecule has 1 aliphatic heterocycles. The molecule has 1 rings (SSSR count). The lowest BCUT2D eigenvalue weighted by atomic mass is 10.2. The Morgan fingerprint density at radius 3 is 2.80 bits per heavy atom. The van der Waals surface area contributed by atoms with Crippen molar-refractivity contribution >= 4 is 23.1 Å². The standard InChI is InChI=1S/C10H19N3OS/c1-12(2)7-8-4-3-5-13(8)10(14)6-9(11)15/h8H,3-7H2,1-2H3,(H2,11,15). The fourth-order valence-electron chi connectivity index (χ4n) is 2.03. The van der Waals surface area contributed by atoms with Crippen molar-refractivity contribution in [3.8, 4) is 0 Å². The van der Waals surface area contributed by atoms with Gasteiger partial charge in [0, 0.05) is 19.1 Å². The SMILES string of the molecule is CN(C)CC1CCCN1C(=O)CC(N)=S. The quantitative estimate of drug-likeness (QED) is 0.700. The predicted octanol–water partition coefficient (Wildman–Crippen LogP) is 0.215. The van der Waals surface area contributed by atoms with Crippen LogP contribution in [0.2, 0.25) is 0 Å². The van der Waals surface area contributed by atoms with Crippen LogP contribution in [0.15, 0.2) is 0 Å². The van der Waals surface area contributed by atoms with Crippen LogP contribution in [0.5, 0.6) is 0 Å². The zero-order chi connectivity index (χ0) is 11.4. The van der Waals surface area contributed by atoms with E-state index in [-0.39, 0.29) is 17.3 Å². The summed E-state index contributed by atoms with van der Waals surface area (Å²) in [6.07, 6.45) is 2.38. The maximum Gasteiger partial charge on any atom is 0.229 e. The Kier molecular flexibility index (Phi) is 4.47. The van der Waals surface area contributed by atoms with Gasteiger partial charge in [-0.05, 0) is 26.9 Å². The molecule has 0 aromatic carbocycles. The van der Waals surface area contributed by atoms with Crippen LogP contribution in [0, 0.1) is 0 Å². The van der Waals surface area contributed by atoms with E-state index in [1.165, 1.54) is 0 Å². The van der Waals surface area contributed by atoms with Gasteiger partial charge in [0.15, 0.2) is 0 Å². The summed E-state index contributed by atoms with van der Waals surface area (Å²) in [5.41, 5.74) is 5.38. The Labute approximate surface area is 96.4 Å². The van der Waals surface area contributed by atoms with Crippen molar-refractivity contribution in [1.29, 1.82) is 0 Å². The molecule has 0 bridgehead atoms. The first-order chi connectivity index (χ1) is 7.00. The molecule has 0 radical (unpaired) electrons. The van der Waals surface area contributed by atoms with Crippen LogP contribution in [0.4, 0.5) is 0 Å². The van der Waals surface area contributed by atoms with E-state index in [2.05, 4.69) is 4.90 Å². The van der Waals surface area contributed by atoms with Gasteiger partial charge < -0.3 is 15.5 Å². The Bertz CT molecular complexity index is 255. The lowest BCUT2D eigenvalue weighted by Gasteiger charge is -2.27. The van der Waals surface area contributed by atoms with Crippen molar-refractivity contribution in [2.45, 2.75) is 25.3 Å². The smallest absolute Gasteiger partial charge is 0.229 e. The van der Waals surface area contributed by atoms with Crippen molar-refractivity contribution in [3.05, 3.63) is 0 Å². The van der Waals surface area contributed by atoms with Crippen molar-refractivity contribution in [2.75, 3.05) is 27.2 Å². The molecule has 0 spiro atoms. The number of amides is 1. The first-order valence-electron chi connectivity index (χ1n) is 5.23. The average Bonchev–Trinajstić information content (AvgIpc) is 2.49. The Balaban J connectivity index is 2.52. The molecule has 1 aliphatic rings. The van der Waals surface area contributed by atoms with E-state index in [0.717, 1.165) is 25.9 Å². The number of carbonyl (C=O) groups excluding carboxylic acids is 1. The third-order valence-corrected chi connectivity index (χ3v) is 2.74. The molecule has 0 saturated carbocycles. The van der Waals surface area contributed by atoms with Gasteiger partial charge in [-0.25, -0.2) is 0 Å². The molecule has 1 fully saturated rings. The number of likely N-dealkylation sites (N-methyl/N-ethyl adjacent to an activating group) is 1. The third-order valence-electron chi connectivity index (χ3n) is 2.60. The minimum Gasteiger partial charge on any atom is -0.393 e. The first-order valence-corrected chi connectivity index (χ1v) is 5.64. The zero-order valence-corrected chi connectivity index (χ0v) is 10.2. The highest BCUT2D eigenvalue weighted by molar-refractivity contribution is 7.80. The second-order valence-electron chi connectivity index (χ2n) is 4.29. The molecule has 2 N–H and O–H groups in total. The number of hydrogen-bond acceptors (Lipinski definition) is 3. The predicted molar refractivity (Wildman–Crippen MR) is 64.7 cm³/mol. The maximum atomic E-state index is 11.8. The van der Waals surface area contributed by atoms with Gasteiger partial charge in [-0.1, -0.05) is 12.2 Å². The first kappa shape index (κ1) is 12.4. The molecule has 1 atom stereocenters. The molecule has 1 amide bonds. The van der Waals surface area contributed by atoms with Gasteiger partial charge in [0.25, 0.3) is 0 Å². The highest BCUT2D eigenvalue weighted by Crippen LogP contribution is 2.18. The van der Waals surface area contributed by atoms with Crippen molar-refractivity contribution in [2.24, 2.45) is 5.73 Å². The number of hydrogen-bond donors (Lipinski definition) is 1. The zero-order valence-electron chi connectivity index (χ0n) is 9.40. The minimum atomic E-state index is 0.0758. The van der Waals surface area contributed by atoms with E-state index in [9.17, 15) is 4.79 Å². The minimum absolute atomic E-state index is 0.0758. The van der Waals surface area contributed by atoms with Crippen LogP contribution >= 0.6 is 12.2 Å². The largest absolute Gasteiger partial charge is 0.393 e. The molecule has 1 heterocycles. The fourth-order valence-corrected chi connectivity index (χ4v) is 2.15. The highest BCUT2D eigenvalue weighted by Gasteiger charge is 2.28. The fraction of sp³-hybridized carbons (Fsp3) is 0.800. The van der Waals surface area contributed by atoms with Gasteiger partial charge in [0.2, 0.25) is 5.91 Å². The van der Waals surface area contributed by atoms with Crippen LogP contribution in [-0.2, 0) is 4.79 Å². The van der Waals surface area contributed by atoms with E-state index in [4.69, 9.17) is 18.0 Å². The van der Waals surface area contributed by atoms with Gasteiger partial charge in [-0.15, -0.1) is 0 Å². The van der Waals surface area contributed by atoms with Crippen LogP contribution < -0.4 is 5.73 Å². The van der Waals surface area contributed by atoms with E-state index in [1.807, 2.05) is 19.0 Å². The molecule has 5 heteroatoms. The molecule has 0 aromatic rings. The summed E-state index contributed by atoms with van der Waals surface area (Å²) in [6, 6.07) is 0.335. The van der Waals surface area contributed by atoms with Gasteiger partial charge in [0.05, 0.1) is 11.4 Å². The normalized spacial score (nSPS) is 21.0. The van der Waals surface area contributed by atoms with E-state index < -0.39 is 0 Å². The molecular weight excluding hydrogens is 210 g/mol. The summed E-state index contributed by atoms with van der Waals surface area (Å²) in [4.78, 5) is 16.1. The Morgan fingerprint density at radius 1 is 1.60 bits per heavy atom. The van der Waals surface area contributed by atoms with E-state index in [0.29, 0.717) is 6.04 Å². The van der Waals surface area contributed by atoms with Crippen molar-refractivity contribution in [3.63, 3.8) is 0 Å². The number of nitrogens with two attached hydrogens (primary N) is 1. The summed E-state index contributed by atoms with van der Waals surface area (Å²) in [6.45, 7) is 1.77. The van der Waals surface area contributed by atoms with Crippen LogP contribution in [0.3, 0.4) is 0 Å². The van der Waals surface area contributed by atoms with Crippen LogP contribution in [0.25, 0.3) is 0 Å². The summed E-state index contributed by atoms with van der Waals surface area (Å²) >= 11 is 4.75. The lowest BCUT2D eigenvalue weighted by molar-refractivity contribution is -0.130. The molecular formula is C10H19N3OS. The molecule has 86 valence electrons. The van der Waals surface area contributed by atoms with Crippen LogP contribution in [-0.4, -0.2) is 53.9 Å². The molecule has 4 nitrogen and oxygen atoms in total. The van der Waals surface area contributed by atoms with Gasteiger partial charge in [-0.2, -0.15) is 0 Å². The monoisotopic (exact) mass is 229 g/mol. The Hall–Kier alpha value is -0.680. The molecule has 1 unspecified atom stereocenters. The number of thiocarbonyl (C=S) groups is 1. The second kappa shape index (κ2) is 5.42. The average molecular weight is 229 g/mol. The molecule has 1 saturated heterocycles. The number of likely N-dealkylation sites (tertiary alicyclic amines) is 1. The van der Waals surface area contributed by atoms with E-state index >= 15 is 0 Å². The summed E-state index contributed by atoms with van der Waals surface area (Å²) in [5, 5.41) is 0. The second-order valence-corrected chi connectivity index (χ2v) is 4.81. The van der Waals surface area contributed by atoms with Gasteiger partial charge >= 0.3 is 0 Å². The van der Waals surface area contributed by atoms with Crippen molar-refractivity contribution < 1.29 is 4.79 Å². The summed E-state index contributed by atoms with van der Waals surface area (Å²) in [7, 11) is 4.04. The summed E-state index contributed by atoms with van der Waals surface area (Å²) in [5.74, 6) is 0.0758. The highest BCUT2D eigenvalue weighted by atomic mass is 32.1. The third kappa shape index (κ3) is 3.76. The molecule has 0 aromatic heterocycles. The molecule has 15 heavy (non-hydrogen) atoms. The maximum absolute atomic E-state index is 11.8. The van der Waals surface area contributed by atoms with Crippen LogP contribution in [0.1, 0.15) is 19.3 Å². The van der Waals surface area contributed by atoms with Crippen molar-refractivity contribution in [1.82, 2.24) is 9.80 Å². The van der Waals surface area contributed by atoms with Gasteiger partial charge in [0.1, 0.15) is 0 Å². The van der Waals surface area contributed by atoms with E-state index in [1.54, 1.807) is 0 Å². The number of rotatable bonds is 4. The lowest BCUT2D eigenvalue weighted by Crippen LogP contribution is -2.42. The number of nitrogens with zero attached hydrogens (tertiary/aromatic N) is 2. The Morgan fingerprint density at radius 2 is 2.27 bits per heavy atom.